The number of aryl methyl sites for hydroxylation is 1. The monoisotopic (exact) mass is 304 g/mol. The normalized spacial score (nSPS) is 16.5. The van der Waals surface area contributed by atoms with Crippen molar-refractivity contribution in [3.05, 3.63) is 29.8 Å². The fourth-order valence-corrected chi connectivity index (χ4v) is 2.95. The molecule has 4 nitrogen and oxygen atoms in total. The molecule has 1 aliphatic rings. The van der Waals surface area contributed by atoms with Crippen LogP contribution < -0.4 is 10.1 Å². The minimum absolute atomic E-state index is 0.209. The number of carbonyl (C=O) groups excluding carboxylic acids is 1. The molecular formula is C18H28N2O2. The molecule has 1 aromatic rings. The van der Waals surface area contributed by atoms with Gasteiger partial charge in [-0.25, -0.2) is 0 Å². The van der Waals surface area contributed by atoms with E-state index in [0.717, 1.165) is 51.1 Å². The standard InChI is InChI=1S/C18H28N2O2/c1-20-11-8-16(9-12-20)14-18(21)19-10-4-6-15-5-3-7-17(13-15)22-2/h3,5,7,13,16H,4,6,8-12,14H2,1-2H3,(H,19,21). The molecule has 2 rings (SSSR count). The van der Waals surface area contributed by atoms with Crippen LogP contribution in [-0.4, -0.2) is 44.6 Å². The van der Waals surface area contributed by atoms with Crippen molar-refractivity contribution in [2.75, 3.05) is 33.8 Å². The number of benzene rings is 1. The second-order valence-corrected chi connectivity index (χ2v) is 6.26. The summed E-state index contributed by atoms with van der Waals surface area (Å²) >= 11 is 0. The number of ether oxygens (including phenoxy) is 1. The Kier molecular flexibility index (Phi) is 6.72. The highest BCUT2D eigenvalue weighted by Gasteiger charge is 2.19. The molecule has 0 saturated carbocycles. The third-order valence-electron chi connectivity index (χ3n) is 4.41. The number of hydrogen-bond acceptors (Lipinski definition) is 3. The lowest BCUT2D eigenvalue weighted by Gasteiger charge is -2.28. The lowest BCUT2D eigenvalue weighted by atomic mass is 9.93. The Morgan fingerprint density at radius 1 is 1.36 bits per heavy atom. The van der Waals surface area contributed by atoms with Gasteiger partial charge >= 0.3 is 0 Å². The largest absolute Gasteiger partial charge is 0.497 e. The first-order valence-corrected chi connectivity index (χ1v) is 8.25. The summed E-state index contributed by atoms with van der Waals surface area (Å²) in [6.07, 6.45) is 4.91. The lowest BCUT2D eigenvalue weighted by molar-refractivity contribution is -0.122. The van der Waals surface area contributed by atoms with Crippen LogP contribution in [0.15, 0.2) is 24.3 Å². The highest BCUT2D eigenvalue weighted by molar-refractivity contribution is 5.76. The van der Waals surface area contributed by atoms with Crippen LogP contribution in [0.1, 0.15) is 31.2 Å². The van der Waals surface area contributed by atoms with Crippen molar-refractivity contribution in [1.82, 2.24) is 10.2 Å². The van der Waals surface area contributed by atoms with Gasteiger partial charge in [-0.3, -0.25) is 4.79 Å². The van der Waals surface area contributed by atoms with E-state index in [9.17, 15) is 4.79 Å². The molecule has 0 aliphatic carbocycles. The summed E-state index contributed by atoms with van der Waals surface area (Å²) in [5.74, 6) is 1.67. The first-order chi connectivity index (χ1) is 10.7. The Bertz CT molecular complexity index is 468. The smallest absolute Gasteiger partial charge is 0.220 e. The average Bonchev–Trinajstić information content (AvgIpc) is 2.54. The van der Waals surface area contributed by atoms with Crippen molar-refractivity contribution in [3.63, 3.8) is 0 Å². The average molecular weight is 304 g/mol. The minimum atomic E-state index is 0.209. The molecule has 0 spiro atoms. The van der Waals surface area contributed by atoms with Gasteiger partial charge in [0.1, 0.15) is 5.75 Å². The van der Waals surface area contributed by atoms with Gasteiger partial charge < -0.3 is 15.0 Å². The zero-order chi connectivity index (χ0) is 15.8. The number of amides is 1. The predicted molar refractivity (Wildman–Crippen MR) is 89.2 cm³/mol. The molecule has 1 N–H and O–H groups in total. The first kappa shape index (κ1) is 16.8. The van der Waals surface area contributed by atoms with Gasteiger partial charge in [-0.15, -0.1) is 0 Å². The summed E-state index contributed by atoms with van der Waals surface area (Å²) in [7, 11) is 3.83. The maximum Gasteiger partial charge on any atom is 0.220 e. The number of nitrogens with one attached hydrogen (secondary N) is 1. The molecule has 0 radical (unpaired) electrons. The van der Waals surface area contributed by atoms with Crippen LogP contribution >= 0.6 is 0 Å². The Labute approximate surface area is 133 Å². The van der Waals surface area contributed by atoms with Crippen LogP contribution in [0.25, 0.3) is 0 Å². The summed E-state index contributed by atoms with van der Waals surface area (Å²) < 4.78 is 5.22. The number of rotatable bonds is 7. The Morgan fingerprint density at radius 3 is 2.86 bits per heavy atom. The van der Waals surface area contributed by atoms with E-state index in [0.29, 0.717) is 12.3 Å². The van der Waals surface area contributed by atoms with E-state index < -0.39 is 0 Å². The third-order valence-corrected chi connectivity index (χ3v) is 4.41. The van der Waals surface area contributed by atoms with Crippen LogP contribution in [0, 0.1) is 5.92 Å². The van der Waals surface area contributed by atoms with E-state index in [4.69, 9.17) is 4.74 Å². The number of likely N-dealkylation sites (tertiary alicyclic amines) is 1. The molecule has 122 valence electrons. The van der Waals surface area contributed by atoms with Crippen molar-refractivity contribution < 1.29 is 9.53 Å². The van der Waals surface area contributed by atoms with E-state index in [-0.39, 0.29) is 5.91 Å². The molecule has 0 unspecified atom stereocenters. The molecule has 1 aromatic carbocycles. The van der Waals surface area contributed by atoms with Crippen LogP contribution in [0.5, 0.6) is 5.75 Å². The van der Waals surface area contributed by atoms with Crippen LogP contribution in [0.4, 0.5) is 0 Å². The van der Waals surface area contributed by atoms with Gasteiger partial charge in [0.05, 0.1) is 7.11 Å². The number of methoxy groups -OCH3 is 1. The molecule has 1 saturated heterocycles. The number of carbonyl (C=O) groups is 1. The molecule has 1 heterocycles. The van der Waals surface area contributed by atoms with E-state index in [1.807, 2.05) is 12.1 Å². The summed E-state index contributed by atoms with van der Waals surface area (Å²) in [4.78, 5) is 14.3. The van der Waals surface area contributed by atoms with Crippen LogP contribution in [0.2, 0.25) is 0 Å². The van der Waals surface area contributed by atoms with Crippen molar-refractivity contribution >= 4 is 5.91 Å². The number of nitrogens with zero attached hydrogens (tertiary/aromatic N) is 1. The van der Waals surface area contributed by atoms with Crippen molar-refractivity contribution in [3.8, 4) is 5.75 Å². The van der Waals surface area contributed by atoms with Gasteiger partial charge in [0, 0.05) is 13.0 Å². The maximum atomic E-state index is 12.0. The Hall–Kier alpha value is -1.55. The SMILES string of the molecule is COc1cccc(CCCNC(=O)CC2CCN(C)CC2)c1. The molecule has 22 heavy (non-hydrogen) atoms. The molecule has 0 atom stereocenters. The second kappa shape index (κ2) is 8.79. The predicted octanol–water partition coefficient (Wildman–Crippen LogP) is 2.48. The first-order valence-electron chi connectivity index (χ1n) is 8.25. The van der Waals surface area contributed by atoms with Gasteiger partial charge in [0.15, 0.2) is 0 Å². The van der Waals surface area contributed by atoms with E-state index in [2.05, 4.69) is 29.4 Å². The van der Waals surface area contributed by atoms with Crippen molar-refractivity contribution in [2.24, 2.45) is 5.92 Å². The Morgan fingerprint density at radius 2 is 2.14 bits per heavy atom. The maximum absolute atomic E-state index is 12.0. The molecule has 4 heteroatoms. The van der Waals surface area contributed by atoms with Crippen LogP contribution in [-0.2, 0) is 11.2 Å². The number of hydrogen-bond donors (Lipinski definition) is 1. The summed E-state index contributed by atoms with van der Waals surface area (Å²) in [6, 6.07) is 8.11. The molecule has 1 fully saturated rings. The third kappa shape index (κ3) is 5.68. The molecule has 0 aromatic heterocycles. The molecule has 0 bridgehead atoms. The molecule has 1 aliphatic heterocycles. The van der Waals surface area contributed by atoms with Gasteiger partial charge in [0.25, 0.3) is 0 Å². The summed E-state index contributed by atoms with van der Waals surface area (Å²) in [5.41, 5.74) is 1.25. The van der Waals surface area contributed by atoms with E-state index in [1.54, 1.807) is 7.11 Å². The van der Waals surface area contributed by atoms with E-state index >= 15 is 0 Å². The summed E-state index contributed by atoms with van der Waals surface area (Å²) in [6.45, 7) is 2.99. The highest BCUT2D eigenvalue weighted by atomic mass is 16.5. The fraction of sp³-hybridized carbons (Fsp3) is 0.611. The quantitative estimate of drug-likeness (QED) is 0.787. The van der Waals surface area contributed by atoms with Gasteiger partial charge in [-0.2, -0.15) is 0 Å². The van der Waals surface area contributed by atoms with E-state index in [1.165, 1.54) is 5.56 Å². The molecular weight excluding hydrogens is 276 g/mol. The highest BCUT2D eigenvalue weighted by Crippen LogP contribution is 2.19. The van der Waals surface area contributed by atoms with Gasteiger partial charge in [-0.05, 0) is 69.4 Å². The van der Waals surface area contributed by atoms with Crippen LogP contribution in [0.3, 0.4) is 0 Å². The minimum Gasteiger partial charge on any atom is -0.497 e. The van der Waals surface area contributed by atoms with Crippen molar-refractivity contribution in [1.29, 1.82) is 0 Å². The Balaban J connectivity index is 1.60. The fourth-order valence-electron chi connectivity index (χ4n) is 2.95. The number of piperidine rings is 1. The van der Waals surface area contributed by atoms with Crippen molar-refractivity contribution in [2.45, 2.75) is 32.1 Å². The van der Waals surface area contributed by atoms with Gasteiger partial charge in [-0.1, -0.05) is 12.1 Å². The lowest BCUT2D eigenvalue weighted by Crippen LogP contribution is -2.33. The second-order valence-electron chi connectivity index (χ2n) is 6.26. The topological polar surface area (TPSA) is 41.6 Å². The van der Waals surface area contributed by atoms with Gasteiger partial charge in [0.2, 0.25) is 5.91 Å². The summed E-state index contributed by atoms with van der Waals surface area (Å²) in [5, 5.41) is 3.06. The molecule has 1 amide bonds. The zero-order valence-electron chi connectivity index (χ0n) is 13.8. The zero-order valence-corrected chi connectivity index (χ0v) is 13.8.